The van der Waals surface area contributed by atoms with Crippen LogP contribution in [0.2, 0.25) is 0 Å². The highest BCUT2D eigenvalue weighted by Crippen LogP contribution is 2.25. The van der Waals surface area contributed by atoms with Gasteiger partial charge in [-0.05, 0) is 62.9 Å². The van der Waals surface area contributed by atoms with Gasteiger partial charge >= 0.3 is 6.03 Å². The molecule has 33 heavy (non-hydrogen) atoms. The van der Waals surface area contributed by atoms with E-state index in [1.165, 1.54) is 30.2 Å². The monoisotopic (exact) mass is 449 g/mol. The molecule has 0 spiro atoms. The van der Waals surface area contributed by atoms with Crippen molar-refractivity contribution in [3.05, 3.63) is 60.8 Å². The Hall–Kier alpha value is -3.95. The maximum Gasteiger partial charge on any atom is 0.319 e. The fourth-order valence-electron chi connectivity index (χ4n) is 3.60. The molecule has 0 radical (unpaired) electrons. The highest BCUT2D eigenvalue weighted by atomic mass is 16.5. The highest BCUT2D eigenvalue weighted by Gasteiger charge is 2.19. The Morgan fingerprint density at radius 3 is 2.55 bits per heavy atom. The first-order valence-corrected chi connectivity index (χ1v) is 11.0. The molecular formula is C23H27N7O3. The maximum absolute atomic E-state index is 12.4. The number of nitrogens with one attached hydrogen (secondary N) is 3. The van der Waals surface area contributed by atoms with Crippen LogP contribution in [0, 0.1) is 0 Å². The van der Waals surface area contributed by atoms with Crippen LogP contribution in [0.4, 0.5) is 16.2 Å². The number of aromatic nitrogens is 4. The fraction of sp³-hybridized carbons (Fsp3) is 0.348. The molecule has 0 bridgehead atoms. The molecule has 2 heterocycles. The minimum atomic E-state index is -0.494. The molecule has 3 amide bonds. The summed E-state index contributed by atoms with van der Waals surface area (Å²) in [4.78, 5) is 32.9. The predicted molar refractivity (Wildman–Crippen MR) is 123 cm³/mol. The number of nitrogens with zero attached hydrogens (tertiary/aromatic N) is 4. The standard InChI is InChI=1S/C23H27N7O3/c1-16(30-15-24-14-27-30)21(31)28-18-8-10-19(11-9-18)29-23(32)26-13-17-5-4-12-25-22(17)33-20-6-2-3-7-20/h4-5,8-12,14-16,20H,2-3,6-7,13H2,1H3,(H,28,31)(H2,26,29,32)/t16-/m0/s1. The van der Waals surface area contributed by atoms with Crippen LogP contribution in [0.5, 0.6) is 5.88 Å². The van der Waals surface area contributed by atoms with E-state index in [2.05, 4.69) is 31.0 Å². The van der Waals surface area contributed by atoms with Crippen molar-refractivity contribution in [3.8, 4) is 5.88 Å². The van der Waals surface area contributed by atoms with E-state index < -0.39 is 6.04 Å². The van der Waals surface area contributed by atoms with Gasteiger partial charge in [-0.2, -0.15) is 5.10 Å². The molecular weight excluding hydrogens is 422 g/mol. The molecule has 1 aliphatic carbocycles. The molecule has 172 valence electrons. The number of amides is 3. The number of benzene rings is 1. The van der Waals surface area contributed by atoms with E-state index in [1.807, 2.05) is 12.1 Å². The number of urea groups is 1. The van der Waals surface area contributed by atoms with Crippen molar-refractivity contribution >= 4 is 23.3 Å². The zero-order valence-corrected chi connectivity index (χ0v) is 18.4. The van der Waals surface area contributed by atoms with Crippen LogP contribution in [0.3, 0.4) is 0 Å². The molecule has 2 aromatic heterocycles. The van der Waals surface area contributed by atoms with Crippen molar-refractivity contribution in [1.29, 1.82) is 0 Å². The van der Waals surface area contributed by atoms with E-state index in [1.54, 1.807) is 37.4 Å². The zero-order chi connectivity index (χ0) is 23.0. The smallest absolute Gasteiger partial charge is 0.319 e. The number of carbonyl (C=O) groups is 2. The Bertz CT molecular complexity index is 1060. The highest BCUT2D eigenvalue weighted by molar-refractivity contribution is 5.94. The predicted octanol–water partition coefficient (Wildman–Crippen LogP) is 3.52. The summed E-state index contributed by atoms with van der Waals surface area (Å²) in [6.07, 6.45) is 9.21. The van der Waals surface area contributed by atoms with E-state index in [-0.39, 0.29) is 18.0 Å². The topological polar surface area (TPSA) is 123 Å². The number of hydrogen-bond acceptors (Lipinski definition) is 6. The second-order valence-corrected chi connectivity index (χ2v) is 7.92. The zero-order valence-electron chi connectivity index (χ0n) is 18.4. The molecule has 1 fully saturated rings. The molecule has 0 aliphatic heterocycles. The van der Waals surface area contributed by atoms with E-state index in [4.69, 9.17) is 4.74 Å². The third-order valence-corrected chi connectivity index (χ3v) is 5.49. The van der Waals surface area contributed by atoms with Crippen LogP contribution in [0.25, 0.3) is 0 Å². The summed E-state index contributed by atoms with van der Waals surface area (Å²) in [5.74, 6) is 0.357. The van der Waals surface area contributed by atoms with Crippen LogP contribution >= 0.6 is 0 Å². The van der Waals surface area contributed by atoms with Gasteiger partial charge in [-0.15, -0.1) is 0 Å². The van der Waals surface area contributed by atoms with Gasteiger partial charge in [0, 0.05) is 29.7 Å². The molecule has 0 unspecified atom stereocenters. The molecule has 10 heteroatoms. The van der Waals surface area contributed by atoms with Gasteiger partial charge in [-0.3, -0.25) is 4.79 Å². The molecule has 1 atom stereocenters. The van der Waals surface area contributed by atoms with E-state index in [9.17, 15) is 9.59 Å². The minimum absolute atomic E-state index is 0.200. The van der Waals surface area contributed by atoms with Crippen LogP contribution in [-0.4, -0.2) is 37.8 Å². The van der Waals surface area contributed by atoms with Crippen LogP contribution < -0.4 is 20.7 Å². The minimum Gasteiger partial charge on any atom is -0.474 e. The quantitative estimate of drug-likeness (QED) is 0.484. The number of hydrogen-bond donors (Lipinski definition) is 3. The number of anilines is 2. The van der Waals surface area contributed by atoms with Crippen molar-refractivity contribution in [2.75, 3.05) is 10.6 Å². The second-order valence-electron chi connectivity index (χ2n) is 7.92. The number of ether oxygens (including phenoxy) is 1. The summed E-state index contributed by atoms with van der Waals surface area (Å²) in [6, 6.07) is 9.75. The number of rotatable bonds is 8. The lowest BCUT2D eigenvalue weighted by Crippen LogP contribution is -2.28. The Balaban J connectivity index is 1.26. The molecule has 1 saturated carbocycles. The summed E-state index contributed by atoms with van der Waals surface area (Å²) in [7, 11) is 0. The summed E-state index contributed by atoms with van der Waals surface area (Å²) in [5, 5.41) is 12.4. The van der Waals surface area contributed by atoms with Gasteiger partial charge in [-0.25, -0.2) is 19.4 Å². The molecule has 3 aromatic rings. The van der Waals surface area contributed by atoms with E-state index in [0.29, 0.717) is 23.8 Å². The number of pyridine rings is 1. The lowest BCUT2D eigenvalue weighted by atomic mass is 10.2. The molecule has 1 aliphatic rings. The Morgan fingerprint density at radius 1 is 1.12 bits per heavy atom. The average Bonchev–Trinajstić information content (AvgIpc) is 3.54. The van der Waals surface area contributed by atoms with Crippen molar-refractivity contribution in [2.45, 2.75) is 51.3 Å². The lowest BCUT2D eigenvalue weighted by molar-refractivity contribution is -0.119. The van der Waals surface area contributed by atoms with Crippen molar-refractivity contribution in [2.24, 2.45) is 0 Å². The summed E-state index contributed by atoms with van der Waals surface area (Å²) in [6.45, 7) is 2.03. The molecule has 0 saturated heterocycles. The molecule has 3 N–H and O–H groups in total. The fourth-order valence-corrected chi connectivity index (χ4v) is 3.60. The Kier molecular flexibility index (Phi) is 7.13. The third-order valence-electron chi connectivity index (χ3n) is 5.49. The largest absolute Gasteiger partial charge is 0.474 e. The van der Waals surface area contributed by atoms with Gasteiger partial charge in [0.05, 0.1) is 0 Å². The third kappa shape index (κ3) is 6.06. The van der Waals surface area contributed by atoms with E-state index in [0.717, 1.165) is 18.4 Å². The maximum atomic E-state index is 12.4. The van der Waals surface area contributed by atoms with Crippen LogP contribution in [0.15, 0.2) is 55.2 Å². The Labute approximate surface area is 191 Å². The summed E-state index contributed by atoms with van der Waals surface area (Å²) >= 11 is 0. The summed E-state index contributed by atoms with van der Waals surface area (Å²) in [5.41, 5.74) is 2.05. The van der Waals surface area contributed by atoms with Gasteiger partial charge in [0.2, 0.25) is 11.8 Å². The number of carbonyl (C=O) groups excluding carboxylic acids is 2. The second kappa shape index (κ2) is 10.6. The van der Waals surface area contributed by atoms with E-state index >= 15 is 0 Å². The van der Waals surface area contributed by atoms with Gasteiger partial charge < -0.3 is 20.7 Å². The van der Waals surface area contributed by atoms with Crippen molar-refractivity contribution in [3.63, 3.8) is 0 Å². The first-order chi connectivity index (χ1) is 16.1. The first-order valence-electron chi connectivity index (χ1n) is 11.0. The van der Waals surface area contributed by atoms with Crippen LogP contribution in [-0.2, 0) is 11.3 Å². The molecule has 4 rings (SSSR count). The van der Waals surface area contributed by atoms with Gasteiger partial charge in [0.1, 0.15) is 24.8 Å². The van der Waals surface area contributed by atoms with Gasteiger partial charge in [0.25, 0.3) is 0 Å². The van der Waals surface area contributed by atoms with Gasteiger partial charge in [0.15, 0.2) is 0 Å². The first kappa shape index (κ1) is 22.3. The average molecular weight is 450 g/mol. The normalized spacial score (nSPS) is 14.5. The van der Waals surface area contributed by atoms with Crippen LogP contribution in [0.1, 0.15) is 44.2 Å². The van der Waals surface area contributed by atoms with Crippen molar-refractivity contribution in [1.82, 2.24) is 25.1 Å². The lowest BCUT2D eigenvalue weighted by Gasteiger charge is -2.16. The van der Waals surface area contributed by atoms with Crippen molar-refractivity contribution < 1.29 is 14.3 Å². The Morgan fingerprint density at radius 2 is 1.85 bits per heavy atom. The van der Waals surface area contributed by atoms with Gasteiger partial charge in [-0.1, -0.05) is 6.07 Å². The molecule has 10 nitrogen and oxygen atoms in total. The summed E-state index contributed by atoms with van der Waals surface area (Å²) < 4.78 is 7.49. The SMILES string of the molecule is C[C@@H](C(=O)Nc1ccc(NC(=O)NCc2cccnc2OC2CCCC2)cc1)n1cncn1. The molecule has 1 aromatic carbocycles.